The van der Waals surface area contributed by atoms with E-state index in [2.05, 4.69) is 10.6 Å². The molecule has 48 heavy (non-hydrogen) atoms. The summed E-state index contributed by atoms with van der Waals surface area (Å²) in [5.74, 6) is -1.08. The third-order valence-corrected chi connectivity index (χ3v) is 8.38. The van der Waals surface area contributed by atoms with Crippen LogP contribution in [0.25, 0.3) is 11.1 Å². The van der Waals surface area contributed by atoms with E-state index in [1.54, 1.807) is 71.6 Å². The van der Waals surface area contributed by atoms with Gasteiger partial charge in [-0.05, 0) is 77.6 Å². The number of aryl methyl sites for hydroxylation is 1. The van der Waals surface area contributed by atoms with Crippen LogP contribution in [-0.4, -0.2) is 24.3 Å². The summed E-state index contributed by atoms with van der Waals surface area (Å²) in [7, 11) is 0. The van der Waals surface area contributed by atoms with Crippen molar-refractivity contribution in [2.75, 3.05) is 11.4 Å². The molecular formula is C39H32F3N3O3. The van der Waals surface area contributed by atoms with Gasteiger partial charge in [-0.3, -0.25) is 14.4 Å². The Kier molecular flexibility index (Phi) is 9.12. The highest BCUT2D eigenvalue weighted by Gasteiger charge is 2.31. The summed E-state index contributed by atoms with van der Waals surface area (Å²) in [6.07, 6.45) is -3.96. The van der Waals surface area contributed by atoms with Crippen molar-refractivity contribution in [3.63, 3.8) is 0 Å². The number of hydrogen-bond acceptors (Lipinski definition) is 3. The predicted molar refractivity (Wildman–Crippen MR) is 178 cm³/mol. The molecule has 2 N–H and O–H groups in total. The highest BCUT2D eigenvalue weighted by Crippen LogP contribution is 2.35. The summed E-state index contributed by atoms with van der Waals surface area (Å²) in [5, 5.41) is 5.82. The van der Waals surface area contributed by atoms with Crippen molar-refractivity contribution in [3.05, 3.63) is 160 Å². The highest BCUT2D eigenvalue weighted by atomic mass is 19.4. The Bertz CT molecular complexity index is 1970. The van der Waals surface area contributed by atoms with Gasteiger partial charge in [0.1, 0.15) is 6.04 Å². The second-order valence-electron chi connectivity index (χ2n) is 11.7. The molecule has 0 aromatic heterocycles. The van der Waals surface area contributed by atoms with Crippen LogP contribution in [0.1, 0.15) is 54.6 Å². The minimum Gasteiger partial charge on any atom is -0.350 e. The monoisotopic (exact) mass is 647 g/mol. The van der Waals surface area contributed by atoms with Crippen molar-refractivity contribution in [1.29, 1.82) is 0 Å². The van der Waals surface area contributed by atoms with E-state index in [1.807, 2.05) is 37.3 Å². The lowest BCUT2D eigenvalue weighted by atomic mass is 9.97. The first-order valence-corrected chi connectivity index (χ1v) is 15.5. The molecule has 0 bridgehead atoms. The van der Waals surface area contributed by atoms with Gasteiger partial charge in [-0.25, -0.2) is 0 Å². The maximum atomic E-state index is 13.8. The number of hydrogen-bond donors (Lipinski definition) is 2. The smallest absolute Gasteiger partial charge is 0.350 e. The van der Waals surface area contributed by atoms with Crippen molar-refractivity contribution in [2.45, 2.75) is 32.1 Å². The van der Waals surface area contributed by atoms with E-state index in [0.29, 0.717) is 53.0 Å². The average molecular weight is 648 g/mol. The zero-order chi connectivity index (χ0) is 33.8. The predicted octanol–water partition coefficient (Wildman–Crippen LogP) is 7.67. The molecule has 0 saturated carbocycles. The lowest BCUT2D eigenvalue weighted by molar-refractivity contribution is -0.137. The van der Waals surface area contributed by atoms with Gasteiger partial charge in [-0.2, -0.15) is 13.2 Å². The summed E-state index contributed by atoms with van der Waals surface area (Å²) in [5.41, 5.74) is 5.06. The Morgan fingerprint density at radius 2 is 1.54 bits per heavy atom. The molecule has 6 nitrogen and oxygen atoms in total. The molecule has 1 aliphatic rings. The number of benzene rings is 5. The van der Waals surface area contributed by atoms with Gasteiger partial charge in [-0.15, -0.1) is 0 Å². The van der Waals surface area contributed by atoms with Gasteiger partial charge in [0.05, 0.1) is 5.56 Å². The van der Waals surface area contributed by atoms with Gasteiger partial charge in [0, 0.05) is 29.9 Å². The number of nitrogens with zero attached hydrogens (tertiary/aromatic N) is 1. The first-order chi connectivity index (χ1) is 23.1. The molecule has 0 saturated heterocycles. The molecule has 1 atom stereocenters. The number of carbonyl (C=O) groups is 3. The lowest BCUT2D eigenvalue weighted by Gasteiger charge is -2.21. The number of halogens is 3. The molecule has 9 heteroatoms. The van der Waals surface area contributed by atoms with E-state index in [0.717, 1.165) is 28.8 Å². The van der Waals surface area contributed by atoms with Crippen LogP contribution in [0.15, 0.2) is 121 Å². The van der Waals surface area contributed by atoms with Crippen LogP contribution in [0.5, 0.6) is 0 Å². The standard InChI is InChI=1S/C39H32F3N3O3/c1-25-8-7-9-26(22-25)24-43-37(47)35(28-10-3-2-4-11-28)44-36(46)30-16-19-34-29(23-30)20-21-45(34)38(48)33-13-6-5-12-32(33)27-14-17-31(18-15-27)39(40,41)42/h2-19,22-23,35H,20-21,24H2,1H3,(H,43,47)(H,44,46)/t35-/m0/s1. The molecule has 3 amide bonds. The van der Waals surface area contributed by atoms with Crippen LogP contribution in [0.4, 0.5) is 18.9 Å². The summed E-state index contributed by atoms with van der Waals surface area (Å²) >= 11 is 0. The van der Waals surface area contributed by atoms with Crippen LogP contribution < -0.4 is 15.5 Å². The van der Waals surface area contributed by atoms with E-state index in [1.165, 1.54) is 12.1 Å². The summed E-state index contributed by atoms with van der Waals surface area (Å²) < 4.78 is 39.4. The molecule has 5 aromatic rings. The fraction of sp³-hybridized carbons (Fsp3) is 0.154. The number of alkyl halides is 3. The Labute approximate surface area is 276 Å². The van der Waals surface area contributed by atoms with Crippen molar-refractivity contribution in [2.24, 2.45) is 0 Å². The molecule has 0 radical (unpaired) electrons. The zero-order valence-corrected chi connectivity index (χ0v) is 26.1. The molecule has 5 aromatic carbocycles. The molecule has 1 heterocycles. The minimum absolute atomic E-state index is 0.295. The van der Waals surface area contributed by atoms with Crippen LogP contribution >= 0.6 is 0 Å². The van der Waals surface area contributed by atoms with Gasteiger partial charge < -0.3 is 15.5 Å². The second-order valence-corrected chi connectivity index (χ2v) is 11.7. The van der Waals surface area contributed by atoms with Gasteiger partial charge in [0.25, 0.3) is 11.8 Å². The van der Waals surface area contributed by atoms with E-state index in [4.69, 9.17) is 0 Å². The Morgan fingerprint density at radius 1 is 0.812 bits per heavy atom. The summed E-state index contributed by atoms with van der Waals surface area (Å²) in [6, 6.07) is 32.5. The Hall–Kier alpha value is -5.70. The molecule has 0 aliphatic carbocycles. The maximum absolute atomic E-state index is 13.8. The molecule has 242 valence electrons. The minimum atomic E-state index is -4.46. The fourth-order valence-electron chi connectivity index (χ4n) is 5.93. The average Bonchev–Trinajstić information content (AvgIpc) is 3.53. The fourth-order valence-corrected chi connectivity index (χ4v) is 5.93. The van der Waals surface area contributed by atoms with Gasteiger partial charge in [0.15, 0.2) is 0 Å². The van der Waals surface area contributed by atoms with E-state index in [9.17, 15) is 27.6 Å². The lowest BCUT2D eigenvalue weighted by Crippen LogP contribution is -2.40. The van der Waals surface area contributed by atoms with Crippen LogP contribution in [0, 0.1) is 6.92 Å². The van der Waals surface area contributed by atoms with Crippen molar-refractivity contribution in [1.82, 2.24) is 10.6 Å². The molecule has 0 fully saturated rings. The number of anilines is 1. The number of nitrogens with one attached hydrogen (secondary N) is 2. The molecule has 1 aliphatic heterocycles. The summed E-state index contributed by atoms with van der Waals surface area (Å²) in [6.45, 7) is 2.66. The van der Waals surface area contributed by atoms with Crippen LogP contribution in [0.2, 0.25) is 0 Å². The SMILES string of the molecule is Cc1cccc(CNC(=O)[C@@H](NC(=O)c2ccc3c(c2)CCN3C(=O)c2ccccc2-c2ccc(C(F)(F)F)cc2)c2ccccc2)c1. The van der Waals surface area contributed by atoms with Crippen molar-refractivity contribution < 1.29 is 27.6 Å². The topological polar surface area (TPSA) is 78.5 Å². The quantitative estimate of drug-likeness (QED) is 0.182. The van der Waals surface area contributed by atoms with Crippen LogP contribution in [-0.2, 0) is 23.9 Å². The number of carbonyl (C=O) groups excluding carboxylic acids is 3. The number of fused-ring (bicyclic) bond motifs is 1. The van der Waals surface area contributed by atoms with E-state index >= 15 is 0 Å². The van der Waals surface area contributed by atoms with Gasteiger partial charge in [-0.1, -0.05) is 90.5 Å². The molecule has 0 spiro atoms. The van der Waals surface area contributed by atoms with Gasteiger partial charge in [0.2, 0.25) is 5.91 Å². The van der Waals surface area contributed by atoms with E-state index in [-0.39, 0.29) is 11.8 Å². The normalized spacial score (nSPS) is 13.0. The highest BCUT2D eigenvalue weighted by molar-refractivity contribution is 6.11. The van der Waals surface area contributed by atoms with Crippen LogP contribution in [0.3, 0.4) is 0 Å². The zero-order valence-electron chi connectivity index (χ0n) is 26.1. The van der Waals surface area contributed by atoms with Crippen molar-refractivity contribution in [3.8, 4) is 11.1 Å². The number of amides is 3. The van der Waals surface area contributed by atoms with Crippen molar-refractivity contribution >= 4 is 23.4 Å². The Morgan fingerprint density at radius 3 is 2.27 bits per heavy atom. The third kappa shape index (κ3) is 7.00. The molecule has 6 rings (SSSR count). The number of rotatable bonds is 8. The molecular weight excluding hydrogens is 615 g/mol. The molecule has 0 unspecified atom stereocenters. The first kappa shape index (κ1) is 32.2. The third-order valence-electron chi connectivity index (χ3n) is 8.38. The first-order valence-electron chi connectivity index (χ1n) is 15.5. The maximum Gasteiger partial charge on any atom is 0.416 e. The Balaban J connectivity index is 1.19. The largest absolute Gasteiger partial charge is 0.416 e. The summed E-state index contributed by atoms with van der Waals surface area (Å²) in [4.78, 5) is 42.4. The van der Waals surface area contributed by atoms with E-state index < -0.39 is 23.7 Å². The second kappa shape index (κ2) is 13.6. The van der Waals surface area contributed by atoms with Gasteiger partial charge >= 0.3 is 6.18 Å².